The number of nitrogens with zero attached hydrogens (tertiary/aromatic N) is 2. The van der Waals surface area contributed by atoms with Crippen LogP contribution in [0, 0.1) is 18.6 Å². The van der Waals surface area contributed by atoms with E-state index >= 15 is 0 Å². The topological polar surface area (TPSA) is 66.9 Å². The van der Waals surface area contributed by atoms with Gasteiger partial charge >= 0.3 is 0 Å². The van der Waals surface area contributed by atoms with E-state index in [0.717, 1.165) is 5.56 Å². The SMILES string of the molecule is Cc1cc(C(=O)NCCc2ccccc2F)nc(NCCc2ccc(F)cc2)n1. The van der Waals surface area contributed by atoms with Gasteiger partial charge in [-0.15, -0.1) is 0 Å². The molecule has 0 atom stereocenters. The zero-order valence-corrected chi connectivity index (χ0v) is 16.1. The predicted octanol–water partition coefficient (Wildman–Crippen LogP) is 3.69. The van der Waals surface area contributed by atoms with Gasteiger partial charge in [0.2, 0.25) is 5.95 Å². The highest BCUT2D eigenvalue weighted by atomic mass is 19.1. The highest BCUT2D eigenvalue weighted by Crippen LogP contribution is 2.08. The fourth-order valence-corrected chi connectivity index (χ4v) is 2.84. The van der Waals surface area contributed by atoms with Crippen LogP contribution >= 0.6 is 0 Å². The van der Waals surface area contributed by atoms with Gasteiger partial charge in [-0.25, -0.2) is 18.7 Å². The van der Waals surface area contributed by atoms with Crippen LogP contribution in [0.5, 0.6) is 0 Å². The summed E-state index contributed by atoms with van der Waals surface area (Å²) in [7, 11) is 0. The molecule has 0 bridgehead atoms. The molecular formula is C22H22F2N4O. The Morgan fingerprint density at radius 3 is 2.48 bits per heavy atom. The Bertz CT molecular complexity index is 977. The number of amides is 1. The summed E-state index contributed by atoms with van der Waals surface area (Å²) in [6.07, 6.45) is 1.06. The molecule has 1 amide bonds. The Balaban J connectivity index is 1.54. The predicted molar refractivity (Wildman–Crippen MR) is 108 cm³/mol. The standard InChI is InChI=1S/C22H22F2N4O/c1-15-14-20(21(29)25-13-11-17-4-2-3-5-19(17)24)28-22(27-15)26-12-10-16-6-8-18(23)9-7-16/h2-9,14H,10-13H2,1H3,(H,25,29)(H,26,27,28). The molecule has 0 aliphatic rings. The molecule has 7 heteroatoms. The molecule has 2 aromatic carbocycles. The normalized spacial score (nSPS) is 10.6. The fraction of sp³-hybridized carbons (Fsp3) is 0.227. The first-order valence-corrected chi connectivity index (χ1v) is 9.37. The van der Waals surface area contributed by atoms with E-state index in [1.165, 1.54) is 18.2 Å². The monoisotopic (exact) mass is 396 g/mol. The molecule has 0 saturated heterocycles. The molecule has 1 heterocycles. The van der Waals surface area contributed by atoms with Gasteiger partial charge < -0.3 is 10.6 Å². The summed E-state index contributed by atoms with van der Waals surface area (Å²) >= 11 is 0. The summed E-state index contributed by atoms with van der Waals surface area (Å²) in [6, 6.07) is 14.4. The molecule has 150 valence electrons. The van der Waals surface area contributed by atoms with E-state index in [-0.39, 0.29) is 23.2 Å². The second-order valence-corrected chi connectivity index (χ2v) is 6.62. The lowest BCUT2D eigenvalue weighted by atomic mass is 10.1. The molecule has 29 heavy (non-hydrogen) atoms. The number of aryl methyl sites for hydroxylation is 1. The van der Waals surface area contributed by atoms with E-state index in [4.69, 9.17) is 0 Å². The molecule has 0 saturated carbocycles. The number of hydrogen-bond acceptors (Lipinski definition) is 4. The largest absolute Gasteiger partial charge is 0.354 e. The van der Waals surface area contributed by atoms with Gasteiger partial charge in [0, 0.05) is 18.8 Å². The molecule has 3 rings (SSSR count). The third-order valence-electron chi connectivity index (χ3n) is 4.33. The van der Waals surface area contributed by atoms with Gasteiger partial charge in [-0.1, -0.05) is 30.3 Å². The van der Waals surface area contributed by atoms with Crippen molar-refractivity contribution < 1.29 is 13.6 Å². The van der Waals surface area contributed by atoms with Gasteiger partial charge in [0.1, 0.15) is 17.3 Å². The van der Waals surface area contributed by atoms with Gasteiger partial charge in [-0.2, -0.15) is 0 Å². The van der Waals surface area contributed by atoms with Crippen molar-refractivity contribution in [3.05, 3.63) is 88.7 Å². The number of carbonyl (C=O) groups is 1. The van der Waals surface area contributed by atoms with Crippen LogP contribution < -0.4 is 10.6 Å². The number of hydrogen-bond donors (Lipinski definition) is 2. The molecule has 0 spiro atoms. The highest BCUT2D eigenvalue weighted by Gasteiger charge is 2.11. The molecule has 0 fully saturated rings. The number of benzene rings is 2. The van der Waals surface area contributed by atoms with Crippen molar-refractivity contribution in [1.82, 2.24) is 15.3 Å². The maximum Gasteiger partial charge on any atom is 0.270 e. The summed E-state index contributed by atoms with van der Waals surface area (Å²) in [6.45, 7) is 2.63. The van der Waals surface area contributed by atoms with E-state index in [2.05, 4.69) is 20.6 Å². The number of halogens is 2. The third kappa shape index (κ3) is 6.07. The highest BCUT2D eigenvalue weighted by molar-refractivity contribution is 5.92. The Kier molecular flexibility index (Phi) is 6.84. The second kappa shape index (κ2) is 9.73. The van der Waals surface area contributed by atoms with Crippen molar-refractivity contribution in [2.45, 2.75) is 19.8 Å². The minimum absolute atomic E-state index is 0.246. The molecule has 0 radical (unpaired) electrons. The van der Waals surface area contributed by atoms with Crippen molar-refractivity contribution in [2.24, 2.45) is 0 Å². The van der Waals surface area contributed by atoms with Crippen LogP contribution in [0.1, 0.15) is 27.3 Å². The molecule has 3 aromatic rings. The Morgan fingerprint density at radius 1 is 0.966 bits per heavy atom. The summed E-state index contributed by atoms with van der Waals surface area (Å²) < 4.78 is 26.6. The van der Waals surface area contributed by atoms with Crippen LogP contribution in [0.15, 0.2) is 54.6 Å². The summed E-state index contributed by atoms with van der Waals surface area (Å²) in [4.78, 5) is 20.9. The van der Waals surface area contributed by atoms with Crippen molar-refractivity contribution in [1.29, 1.82) is 0 Å². The Hall–Kier alpha value is -3.35. The van der Waals surface area contributed by atoms with Gasteiger partial charge in [-0.05, 0) is 55.2 Å². The van der Waals surface area contributed by atoms with Gasteiger partial charge in [0.15, 0.2) is 0 Å². The zero-order valence-electron chi connectivity index (χ0n) is 16.1. The molecule has 0 unspecified atom stereocenters. The zero-order chi connectivity index (χ0) is 20.6. The second-order valence-electron chi connectivity index (χ2n) is 6.62. The molecule has 2 N–H and O–H groups in total. The first kappa shape index (κ1) is 20.4. The molecular weight excluding hydrogens is 374 g/mol. The number of anilines is 1. The minimum atomic E-state index is -0.339. The lowest BCUT2D eigenvalue weighted by molar-refractivity contribution is 0.0949. The molecule has 1 aromatic heterocycles. The Morgan fingerprint density at radius 2 is 1.72 bits per heavy atom. The molecule has 0 aliphatic carbocycles. The van der Waals surface area contributed by atoms with E-state index in [0.29, 0.717) is 43.1 Å². The Labute approximate surface area is 168 Å². The third-order valence-corrected chi connectivity index (χ3v) is 4.33. The fourth-order valence-electron chi connectivity index (χ4n) is 2.84. The van der Waals surface area contributed by atoms with Crippen LogP contribution in [0.4, 0.5) is 14.7 Å². The van der Waals surface area contributed by atoms with Crippen LogP contribution in [0.25, 0.3) is 0 Å². The first-order valence-electron chi connectivity index (χ1n) is 9.37. The van der Waals surface area contributed by atoms with Crippen molar-refractivity contribution >= 4 is 11.9 Å². The molecule has 0 aliphatic heterocycles. The maximum atomic E-state index is 13.6. The summed E-state index contributed by atoms with van der Waals surface area (Å²) in [5.41, 5.74) is 2.44. The van der Waals surface area contributed by atoms with Crippen LogP contribution in [0.3, 0.4) is 0 Å². The lowest BCUT2D eigenvalue weighted by Crippen LogP contribution is -2.27. The van der Waals surface area contributed by atoms with Crippen molar-refractivity contribution in [3.8, 4) is 0 Å². The number of nitrogens with one attached hydrogen (secondary N) is 2. The first-order chi connectivity index (χ1) is 14.0. The minimum Gasteiger partial charge on any atom is -0.354 e. The summed E-state index contributed by atoms with van der Waals surface area (Å²) in [5, 5.41) is 5.84. The van der Waals surface area contributed by atoms with Crippen molar-refractivity contribution in [2.75, 3.05) is 18.4 Å². The number of aromatic nitrogens is 2. The van der Waals surface area contributed by atoms with Crippen LogP contribution in [0.2, 0.25) is 0 Å². The van der Waals surface area contributed by atoms with E-state index < -0.39 is 0 Å². The molecule has 5 nitrogen and oxygen atoms in total. The average molecular weight is 396 g/mol. The van der Waals surface area contributed by atoms with Gasteiger partial charge in [0.05, 0.1) is 0 Å². The summed E-state index contributed by atoms with van der Waals surface area (Å²) in [5.74, 6) is -0.540. The van der Waals surface area contributed by atoms with Gasteiger partial charge in [0.25, 0.3) is 5.91 Å². The van der Waals surface area contributed by atoms with Crippen LogP contribution in [-0.2, 0) is 12.8 Å². The van der Waals surface area contributed by atoms with Crippen molar-refractivity contribution in [3.63, 3.8) is 0 Å². The van der Waals surface area contributed by atoms with E-state index in [1.54, 1.807) is 43.3 Å². The van der Waals surface area contributed by atoms with Crippen LogP contribution in [-0.4, -0.2) is 29.0 Å². The van der Waals surface area contributed by atoms with E-state index in [1.807, 2.05) is 0 Å². The number of carbonyl (C=O) groups excluding carboxylic acids is 1. The maximum absolute atomic E-state index is 13.6. The van der Waals surface area contributed by atoms with Gasteiger partial charge in [-0.3, -0.25) is 4.79 Å². The van der Waals surface area contributed by atoms with E-state index in [9.17, 15) is 13.6 Å². The number of rotatable bonds is 8. The average Bonchev–Trinajstić information content (AvgIpc) is 2.70. The lowest BCUT2D eigenvalue weighted by Gasteiger charge is -2.09. The quantitative estimate of drug-likeness (QED) is 0.609. The smallest absolute Gasteiger partial charge is 0.270 e.